The zero-order chi connectivity index (χ0) is 32.2. The number of carboxylic acid groups (broad SMARTS) is 2. The third kappa shape index (κ3) is 6.72. The van der Waals surface area contributed by atoms with Gasteiger partial charge in [0.15, 0.2) is 0 Å². The summed E-state index contributed by atoms with van der Waals surface area (Å²) in [5, 5.41) is 23.7. The second-order valence-corrected chi connectivity index (χ2v) is 18.8. The molecule has 6 unspecified atom stereocenters. The van der Waals surface area contributed by atoms with Crippen molar-refractivity contribution in [3.8, 4) is 0 Å². The molecule has 0 radical (unpaired) electrons. The predicted molar refractivity (Wildman–Crippen MR) is 180 cm³/mol. The van der Waals surface area contributed by atoms with E-state index in [1.165, 1.54) is 64.2 Å². The molecule has 0 saturated heterocycles. The average Bonchev–Trinajstić information content (AvgIpc) is 2.96. The Morgan fingerprint density at radius 2 is 0.911 bits per heavy atom. The first-order chi connectivity index (χ1) is 20.6. The van der Waals surface area contributed by atoms with E-state index >= 15 is 0 Å². The van der Waals surface area contributed by atoms with E-state index in [4.69, 9.17) is 0 Å². The molecule has 4 nitrogen and oxygen atoms in total. The predicted octanol–water partition coefficient (Wildman–Crippen LogP) is 7.68. The Kier molecular flexibility index (Phi) is 12.0. The molecule has 0 aromatic carbocycles. The maximum atomic E-state index is 11.9. The van der Waals surface area contributed by atoms with Crippen molar-refractivity contribution in [3.63, 3.8) is 0 Å². The van der Waals surface area contributed by atoms with Gasteiger partial charge < -0.3 is 19.8 Å². The molecule has 6 rings (SSSR count). The quantitative estimate of drug-likeness (QED) is 0.292. The number of carbonyl (C=O) groups is 2. The van der Waals surface area contributed by atoms with Gasteiger partial charge in [0.1, 0.15) is 0 Å². The van der Waals surface area contributed by atoms with Crippen LogP contribution in [0.1, 0.15) is 158 Å². The summed E-state index contributed by atoms with van der Waals surface area (Å²) in [7, 11) is 0. The molecule has 6 fully saturated rings. The van der Waals surface area contributed by atoms with Gasteiger partial charge >= 0.3 is 37.7 Å². The van der Waals surface area contributed by atoms with Gasteiger partial charge in [-0.15, -0.1) is 0 Å². The number of hydrogen-bond acceptors (Lipinski definition) is 4. The van der Waals surface area contributed by atoms with Crippen LogP contribution in [0.5, 0.6) is 0 Å². The smallest absolute Gasteiger partial charge is 0.550 e. The molecule has 0 heterocycles. The Bertz CT molecular complexity index is 975. The van der Waals surface area contributed by atoms with Crippen molar-refractivity contribution in [2.45, 2.75) is 158 Å². The largest absolute Gasteiger partial charge is 2.00 e. The van der Waals surface area contributed by atoms with Crippen molar-refractivity contribution in [2.75, 3.05) is 0 Å². The Balaban J connectivity index is 0.000000200. The van der Waals surface area contributed by atoms with Crippen LogP contribution >= 0.6 is 0 Å². The molecule has 6 aliphatic carbocycles. The molecular formula is C40H66CaO4. The third-order valence-corrected chi connectivity index (χ3v) is 16.2. The summed E-state index contributed by atoms with van der Waals surface area (Å²) in [6.45, 7) is 18.3. The van der Waals surface area contributed by atoms with Gasteiger partial charge in [0.25, 0.3) is 0 Å². The molecular weight excluding hydrogens is 585 g/mol. The molecule has 0 amide bonds. The van der Waals surface area contributed by atoms with Crippen LogP contribution < -0.4 is 10.2 Å². The monoisotopic (exact) mass is 650 g/mol. The van der Waals surface area contributed by atoms with Gasteiger partial charge in [-0.25, -0.2) is 0 Å². The number of hydrogen-bond donors (Lipinski definition) is 0. The van der Waals surface area contributed by atoms with Gasteiger partial charge in [-0.3, -0.25) is 0 Å². The maximum absolute atomic E-state index is 11.9. The molecule has 0 aliphatic heterocycles. The first-order valence-electron chi connectivity index (χ1n) is 19.0. The summed E-state index contributed by atoms with van der Waals surface area (Å²) in [5.74, 6) is 5.62. The van der Waals surface area contributed by atoms with Gasteiger partial charge in [0.2, 0.25) is 0 Å². The number of fused-ring (bicyclic) bond motifs is 6. The van der Waals surface area contributed by atoms with E-state index in [1.54, 1.807) is 0 Å². The summed E-state index contributed by atoms with van der Waals surface area (Å²) in [6, 6.07) is 0. The van der Waals surface area contributed by atoms with Crippen molar-refractivity contribution in [3.05, 3.63) is 0 Å². The molecule has 252 valence electrons. The van der Waals surface area contributed by atoms with Crippen molar-refractivity contribution < 1.29 is 19.8 Å². The molecule has 0 N–H and O–H groups in total. The SMILES string of the molecule is CC(C)C1CC[C@H]2C(CCC3[C@](C)(C(=O)[O-])CCC[C@@]32C)C1.CC(C)C1CC[C@H]2C(CCC3[C@](C)(C(=O)[O-])CCC[C@@]32C)C1.[Ca+2]. The van der Waals surface area contributed by atoms with E-state index < -0.39 is 22.8 Å². The van der Waals surface area contributed by atoms with Crippen LogP contribution in [-0.2, 0) is 9.59 Å². The fourth-order valence-corrected chi connectivity index (χ4v) is 13.4. The molecule has 45 heavy (non-hydrogen) atoms. The van der Waals surface area contributed by atoms with E-state index in [0.717, 1.165) is 85.9 Å². The van der Waals surface area contributed by atoms with Gasteiger partial charge in [-0.2, -0.15) is 0 Å². The Labute approximate surface area is 306 Å². The van der Waals surface area contributed by atoms with Gasteiger partial charge in [0, 0.05) is 22.8 Å². The van der Waals surface area contributed by atoms with Crippen LogP contribution in [0.15, 0.2) is 0 Å². The van der Waals surface area contributed by atoms with Gasteiger partial charge in [0.05, 0.1) is 0 Å². The first kappa shape index (κ1) is 38.0. The van der Waals surface area contributed by atoms with Crippen LogP contribution in [0, 0.1) is 80.8 Å². The fourth-order valence-electron chi connectivity index (χ4n) is 13.4. The molecule has 0 bridgehead atoms. The van der Waals surface area contributed by atoms with Gasteiger partial charge in [-0.05, 0) is 160 Å². The van der Waals surface area contributed by atoms with Crippen molar-refractivity contribution in [1.29, 1.82) is 0 Å². The molecule has 12 atom stereocenters. The first-order valence-corrected chi connectivity index (χ1v) is 19.0. The molecule has 6 aliphatic rings. The van der Waals surface area contributed by atoms with E-state index in [9.17, 15) is 19.8 Å². The van der Waals surface area contributed by atoms with Crippen LogP contribution in [0.3, 0.4) is 0 Å². The maximum Gasteiger partial charge on any atom is 2.00 e. The van der Waals surface area contributed by atoms with Crippen LogP contribution in [0.25, 0.3) is 0 Å². The van der Waals surface area contributed by atoms with Crippen molar-refractivity contribution in [2.24, 2.45) is 80.8 Å². The number of rotatable bonds is 4. The topological polar surface area (TPSA) is 80.3 Å². The minimum absolute atomic E-state index is 0. The van der Waals surface area contributed by atoms with E-state index in [-0.39, 0.29) is 48.6 Å². The van der Waals surface area contributed by atoms with E-state index in [2.05, 4.69) is 41.5 Å². The van der Waals surface area contributed by atoms with Crippen molar-refractivity contribution in [1.82, 2.24) is 0 Å². The van der Waals surface area contributed by atoms with Crippen LogP contribution in [0.4, 0.5) is 0 Å². The summed E-state index contributed by atoms with van der Waals surface area (Å²) < 4.78 is 0. The summed E-state index contributed by atoms with van der Waals surface area (Å²) in [4.78, 5) is 23.7. The van der Waals surface area contributed by atoms with E-state index in [0.29, 0.717) is 11.8 Å². The molecule has 0 spiro atoms. The zero-order valence-corrected chi connectivity index (χ0v) is 32.6. The normalized spacial score (nSPS) is 47.5. The second kappa shape index (κ2) is 14.2. The Morgan fingerprint density at radius 1 is 0.556 bits per heavy atom. The van der Waals surface area contributed by atoms with E-state index in [1.807, 2.05) is 13.8 Å². The fraction of sp³-hybridized carbons (Fsp3) is 0.950. The molecule has 0 aromatic heterocycles. The third-order valence-electron chi connectivity index (χ3n) is 16.2. The molecule has 0 aromatic rings. The number of carboxylic acids is 2. The molecule has 5 heteroatoms. The average molecular weight is 651 g/mol. The summed E-state index contributed by atoms with van der Waals surface area (Å²) in [6.07, 6.45) is 19.0. The van der Waals surface area contributed by atoms with Crippen molar-refractivity contribution >= 4 is 49.7 Å². The standard InChI is InChI=1S/2C20H34O2.Ca/c2*1-13(2)14-6-8-16-15(12-14)7-9-17-19(16,3)10-5-11-20(17,4)18(21)22;/h2*13-17H,5-12H2,1-4H3,(H,21,22);/q;;+2/p-2/t2*14?,15?,16-,17?,19+,20+;/m00./s1. The number of carbonyl (C=O) groups excluding carboxylic acids is 2. The Hall–Kier alpha value is 0.200. The second-order valence-electron chi connectivity index (χ2n) is 18.8. The zero-order valence-electron chi connectivity index (χ0n) is 30.4. The minimum atomic E-state index is -0.794. The number of aliphatic carboxylic acids is 2. The van der Waals surface area contributed by atoms with Gasteiger partial charge in [-0.1, -0.05) is 68.2 Å². The summed E-state index contributed by atoms with van der Waals surface area (Å²) >= 11 is 0. The van der Waals surface area contributed by atoms with Crippen LogP contribution in [0.2, 0.25) is 0 Å². The minimum Gasteiger partial charge on any atom is -0.550 e. The summed E-state index contributed by atoms with van der Waals surface area (Å²) in [5.41, 5.74) is -0.713. The van der Waals surface area contributed by atoms with Crippen LogP contribution in [-0.4, -0.2) is 49.7 Å². The Morgan fingerprint density at radius 3 is 1.22 bits per heavy atom. The molecule has 6 saturated carbocycles.